The zero-order valence-corrected chi connectivity index (χ0v) is 12.8. The highest BCUT2D eigenvalue weighted by molar-refractivity contribution is 5.80. The summed E-state index contributed by atoms with van der Waals surface area (Å²) < 4.78 is 10.8. The third kappa shape index (κ3) is 3.28. The van der Waals surface area contributed by atoms with Crippen molar-refractivity contribution in [2.45, 2.75) is 38.6 Å². The molecule has 3 heterocycles. The lowest BCUT2D eigenvalue weighted by atomic mass is 10.1. The van der Waals surface area contributed by atoms with Crippen LogP contribution in [0.5, 0.6) is 0 Å². The van der Waals surface area contributed by atoms with Gasteiger partial charge in [0.1, 0.15) is 5.76 Å². The molecular weight excluding hydrogens is 300 g/mol. The largest absolute Gasteiger partial charge is 0.481 e. The van der Waals surface area contributed by atoms with Crippen molar-refractivity contribution in [3.8, 4) is 11.7 Å². The summed E-state index contributed by atoms with van der Waals surface area (Å²) in [5.74, 6) is 0.429. The van der Waals surface area contributed by atoms with Crippen molar-refractivity contribution in [3.63, 3.8) is 0 Å². The van der Waals surface area contributed by atoms with Crippen molar-refractivity contribution < 1.29 is 23.5 Å². The van der Waals surface area contributed by atoms with Crippen LogP contribution in [0.1, 0.15) is 30.7 Å². The Hall–Kier alpha value is -2.57. The molecule has 0 spiro atoms. The quantitative estimate of drug-likeness (QED) is 0.908. The highest BCUT2D eigenvalue weighted by Gasteiger charge is 2.31. The molecule has 1 aliphatic rings. The van der Waals surface area contributed by atoms with Crippen molar-refractivity contribution in [3.05, 3.63) is 29.9 Å². The summed E-state index contributed by atoms with van der Waals surface area (Å²) in [6, 6.07) is 3.25. The second kappa shape index (κ2) is 6.28. The number of aromatic nitrogens is 1. The monoisotopic (exact) mass is 318 g/mol. The molecule has 1 atom stereocenters. The van der Waals surface area contributed by atoms with Gasteiger partial charge < -0.3 is 18.8 Å². The average Bonchev–Trinajstić information content (AvgIpc) is 3.20. The van der Waals surface area contributed by atoms with E-state index in [1.165, 1.54) is 6.26 Å². The molecule has 1 unspecified atom stereocenters. The highest BCUT2D eigenvalue weighted by atomic mass is 16.4. The summed E-state index contributed by atoms with van der Waals surface area (Å²) >= 11 is 0. The van der Waals surface area contributed by atoms with Crippen LogP contribution in [0, 0.1) is 6.92 Å². The SMILES string of the molecule is Cc1oc(-c2ccco2)nc1CC(=O)N1CCCC1CC(=O)O. The molecule has 1 amide bonds. The van der Waals surface area contributed by atoms with E-state index in [2.05, 4.69) is 4.98 Å². The number of furan rings is 1. The first kappa shape index (κ1) is 15.3. The number of oxazole rings is 1. The average molecular weight is 318 g/mol. The molecule has 7 nitrogen and oxygen atoms in total. The zero-order valence-electron chi connectivity index (χ0n) is 12.8. The number of hydrogen-bond donors (Lipinski definition) is 1. The van der Waals surface area contributed by atoms with E-state index in [4.69, 9.17) is 13.9 Å². The molecular formula is C16H18N2O5. The van der Waals surface area contributed by atoms with Crippen LogP contribution in [0.4, 0.5) is 0 Å². The van der Waals surface area contributed by atoms with Gasteiger partial charge in [-0.1, -0.05) is 0 Å². The molecule has 0 bridgehead atoms. The maximum Gasteiger partial charge on any atom is 0.305 e. The van der Waals surface area contributed by atoms with Gasteiger partial charge in [0.15, 0.2) is 5.76 Å². The van der Waals surface area contributed by atoms with Crippen LogP contribution in [0.25, 0.3) is 11.7 Å². The number of carboxylic acids is 1. The van der Waals surface area contributed by atoms with Crippen LogP contribution < -0.4 is 0 Å². The highest BCUT2D eigenvalue weighted by Crippen LogP contribution is 2.25. The Morgan fingerprint density at radius 3 is 3.00 bits per heavy atom. The number of likely N-dealkylation sites (tertiary alicyclic amines) is 1. The smallest absolute Gasteiger partial charge is 0.305 e. The van der Waals surface area contributed by atoms with Gasteiger partial charge in [0.05, 0.1) is 24.8 Å². The lowest BCUT2D eigenvalue weighted by Crippen LogP contribution is -2.37. The predicted molar refractivity (Wildman–Crippen MR) is 79.6 cm³/mol. The number of carbonyl (C=O) groups is 2. The standard InChI is InChI=1S/C16H18N2O5/c1-10-12(17-16(23-10)13-5-3-7-22-13)9-14(19)18-6-2-4-11(18)8-15(20)21/h3,5,7,11H,2,4,6,8-9H2,1H3,(H,20,21). The van der Waals surface area contributed by atoms with Crippen LogP contribution in [0.3, 0.4) is 0 Å². The van der Waals surface area contributed by atoms with Crippen molar-refractivity contribution in [1.29, 1.82) is 0 Å². The number of carboxylic acid groups (broad SMARTS) is 1. The van der Waals surface area contributed by atoms with Crippen LogP contribution in [0.2, 0.25) is 0 Å². The number of rotatable bonds is 5. The first-order valence-corrected chi connectivity index (χ1v) is 7.56. The Labute approximate surface area is 132 Å². The zero-order chi connectivity index (χ0) is 16.4. The molecule has 0 aliphatic carbocycles. The van der Waals surface area contributed by atoms with E-state index < -0.39 is 5.97 Å². The fourth-order valence-electron chi connectivity index (χ4n) is 2.92. The first-order valence-electron chi connectivity index (χ1n) is 7.56. The molecule has 3 rings (SSSR count). The van der Waals surface area contributed by atoms with Crippen LogP contribution in [-0.4, -0.2) is 39.5 Å². The second-order valence-corrected chi connectivity index (χ2v) is 5.66. The molecule has 1 fully saturated rings. The summed E-state index contributed by atoms with van der Waals surface area (Å²) in [6.45, 7) is 2.35. The van der Waals surface area contributed by atoms with Crippen LogP contribution in [0.15, 0.2) is 27.2 Å². The molecule has 0 aromatic carbocycles. The Balaban J connectivity index is 1.71. The lowest BCUT2D eigenvalue weighted by Gasteiger charge is -2.23. The maximum absolute atomic E-state index is 12.5. The molecule has 1 N–H and O–H groups in total. The fraction of sp³-hybridized carbons (Fsp3) is 0.438. The fourth-order valence-corrected chi connectivity index (χ4v) is 2.92. The van der Waals surface area contributed by atoms with Gasteiger partial charge in [-0.25, -0.2) is 4.98 Å². The predicted octanol–water partition coefficient (Wildman–Crippen LogP) is 2.25. The number of amides is 1. The van der Waals surface area contributed by atoms with E-state index in [9.17, 15) is 9.59 Å². The van der Waals surface area contributed by atoms with E-state index in [-0.39, 0.29) is 24.8 Å². The number of aryl methyl sites for hydroxylation is 1. The Morgan fingerprint density at radius 2 is 2.30 bits per heavy atom. The molecule has 2 aromatic heterocycles. The minimum Gasteiger partial charge on any atom is -0.481 e. The summed E-state index contributed by atoms with van der Waals surface area (Å²) in [4.78, 5) is 29.4. The normalized spacial score (nSPS) is 17.6. The third-order valence-electron chi connectivity index (χ3n) is 4.05. The minimum atomic E-state index is -0.882. The van der Waals surface area contributed by atoms with E-state index >= 15 is 0 Å². The molecule has 1 saturated heterocycles. The van der Waals surface area contributed by atoms with Gasteiger partial charge in [-0.3, -0.25) is 9.59 Å². The van der Waals surface area contributed by atoms with E-state index in [0.717, 1.165) is 12.8 Å². The van der Waals surface area contributed by atoms with Gasteiger partial charge in [0.25, 0.3) is 5.89 Å². The molecule has 2 aromatic rings. The number of carbonyl (C=O) groups excluding carboxylic acids is 1. The maximum atomic E-state index is 12.5. The Morgan fingerprint density at radius 1 is 1.48 bits per heavy atom. The van der Waals surface area contributed by atoms with Gasteiger partial charge in [0, 0.05) is 12.6 Å². The third-order valence-corrected chi connectivity index (χ3v) is 4.05. The number of nitrogens with zero attached hydrogens (tertiary/aromatic N) is 2. The number of hydrogen-bond acceptors (Lipinski definition) is 5. The summed E-state index contributed by atoms with van der Waals surface area (Å²) in [5.41, 5.74) is 0.558. The molecule has 0 radical (unpaired) electrons. The van der Waals surface area contributed by atoms with E-state index in [0.29, 0.717) is 29.6 Å². The molecule has 0 saturated carbocycles. The Bertz CT molecular complexity index is 704. The van der Waals surface area contributed by atoms with Gasteiger partial charge >= 0.3 is 5.97 Å². The topological polar surface area (TPSA) is 96.8 Å². The first-order chi connectivity index (χ1) is 11.0. The van der Waals surface area contributed by atoms with Crippen LogP contribution >= 0.6 is 0 Å². The second-order valence-electron chi connectivity index (χ2n) is 5.66. The van der Waals surface area contributed by atoms with Gasteiger partial charge in [-0.05, 0) is 31.9 Å². The van der Waals surface area contributed by atoms with Crippen molar-refractivity contribution in [2.75, 3.05) is 6.54 Å². The summed E-state index contributed by atoms with van der Waals surface area (Å²) in [6.07, 6.45) is 3.18. The van der Waals surface area contributed by atoms with Gasteiger partial charge in [-0.2, -0.15) is 0 Å². The van der Waals surface area contributed by atoms with E-state index in [1.54, 1.807) is 24.0 Å². The van der Waals surface area contributed by atoms with Crippen molar-refractivity contribution in [2.24, 2.45) is 0 Å². The molecule has 122 valence electrons. The molecule has 1 aliphatic heterocycles. The molecule has 23 heavy (non-hydrogen) atoms. The minimum absolute atomic E-state index is 0.0127. The molecule has 7 heteroatoms. The van der Waals surface area contributed by atoms with Gasteiger partial charge in [0.2, 0.25) is 5.91 Å². The van der Waals surface area contributed by atoms with Crippen LogP contribution in [-0.2, 0) is 16.0 Å². The Kier molecular flexibility index (Phi) is 4.18. The number of aliphatic carboxylic acids is 1. The van der Waals surface area contributed by atoms with Crippen molar-refractivity contribution in [1.82, 2.24) is 9.88 Å². The summed E-state index contributed by atoms with van der Waals surface area (Å²) in [5, 5.41) is 8.94. The lowest BCUT2D eigenvalue weighted by molar-refractivity contribution is -0.139. The van der Waals surface area contributed by atoms with Gasteiger partial charge in [-0.15, -0.1) is 0 Å². The summed E-state index contributed by atoms with van der Waals surface area (Å²) in [7, 11) is 0. The van der Waals surface area contributed by atoms with E-state index in [1.807, 2.05) is 0 Å². The van der Waals surface area contributed by atoms with Crippen molar-refractivity contribution >= 4 is 11.9 Å².